The van der Waals surface area contributed by atoms with E-state index in [-0.39, 0.29) is 16.7 Å². The molecular weight excluding hydrogens is 502 g/mol. The minimum Gasteiger partial charge on any atom is -0.497 e. The molecule has 2 aromatic carbocycles. The number of nitrogens with zero attached hydrogens (tertiary/aromatic N) is 3. The Morgan fingerprint density at radius 3 is 2.43 bits per heavy atom. The van der Waals surface area contributed by atoms with E-state index >= 15 is 0 Å². The zero-order chi connectivity index (χ0) is 25.2. The topological polar surface area (TPSA) is 81.0 Å². The molecule has 10 heteroatoms. The Kier molecular flexibility index (Phi) is 8.05. The van der Waals surface area contributed by atoms with Gasteiger partial charge in [0.2, 0.25) is 10.0 Å². The van der Waals surface area contributed by atoms with E-state index in [2.05, 4.69) is 41.8 Å². The minimum atomic E-state index is -3.61. The quantitative estimate of drug-likeness (QED) is 0.454. The third-order valence-corrected chi connectivity index (χ3v) is 10.1. The highest BCUT2D eigenvalue weighted by Gasteiger charge is 2.32. The van der Waals surface area contributed by atoms with E-state index in [0.717, 1.165) is 27.3 Å². The SMILES string of the molecule is COc1ccc(S(=O)(=O)N2CCC(C(=O)N=c3sc4cc(C)c(C)cc4n3CCSC)CC2)cc1. The summed E-state index contributed by atoms with van der Waals surface area (Å²) in [5.74, 6) is 1.10. The molecule has 3 aromatic rings. The average molecular weight is 534 g/mol. The van der Waals surface area contributed by atoms with Crippen molar-refractivity contribution in [1.29, 1.82) is 0 Å². The van der Waals surface area contributed by atoms with Gasteiger partial charge in [0.15, 0.2) is 4.80 Å². The highest BCUT2D eigenvalue weighted by Crippen LogP contribution is 2.26. The molecule has 1 fully saturated rings. The molecule has 7 nitrogen and oxygen atoms in total. The number of thioether (sulfide) groups is 1. The van der Waals surface area contributed by atoms with E-state index < -0.39 is 10.0 Å². The van der Waals surface area contributed by atoms with Gasteiger partial charge >= 0.3 is 0 Å². The zero-order valence-corrected chi connectivity index (χ0v) is 22.9. The summed E-state index contributed by atoms with van der Waals surface area (Å²) in [6.07, 6.45) is 3.00. The number of sulfonamides is 1. The fourth-order valence-corrected chi connectivity index (χ4v) is 7.21. The van der Waals surface area contributed by atoms with Gasteiger partial charge in [-0.25, -0.2) is 8.42 Å². The summed E-state index contributed by atoms with van der Waals surface area (Å²) in [5.41, 5.74) is 3.55. The second-order valence-corrected chi connectivity index (χ2v) is 12.7. The second kappa shape index (κ2) is 10.9. The van der Waals surface area contributed by atoms with Crippen LogP contribution in [0.4, 0.5) is 0 Å². The lowest BCUT2D eigenvalue weighted by atomic mass is 9.98. The number of rotatable bonds is 7. The molecule has 188 valence electrons. The molecule has 35 heavy (non-hydrogen) atoms. The Morgan fingerprint density at radius 1 is 1.14 bits per heavy atom. The van der Waals surface area contributed by atoms with Crippen molar-refractivity contribution in [2.75, 3.05) is 32.2 Å². The lowest BCUT2D eigenvalue weighted by molar-refractivity contribution is -0.122. The number of methoxy groups -OCH3 is 1. The standard InChI is InChI=1S/C25H31N3O4S3/c1-17-15-22-23(16-18(17)2)34-25(28(22)13-14-33-4)26-24(29)19-9-11-27(12-10-19)35(30,31)21-7-5-20(32-3)6-8-21/h5-8,15-16,19H,9-14H2,1-4H3. The molecule has 2 heterocycles. The number of benzene rings is 2. The normalized spacial score (nSPS) is 16.2. The third kappa shape index (κ3) is 5.50. The van der Waals surface area contributed by atoms with Gasteiger partial charge in [-0.3, -0.25) is 4.79 Å². The molecule has 1 amide bonds. The van der Waals surface area contributed by atoms with Crippen LogP contribution in [0.15, 0.2) is 46.3 Å². The lowest BCUT2D eigenvalue weighted by Crippen LogP contribution is -2.40. The van der Waals surface area contributed by atoms with Crippen molar-refractivity contribution in [2.24, 2.45) is 10.9 Å². The molecule has 0 saturated carbocycles. The number of thiazole rings is 1. The Bertz CT molecular complexity index is 1380. The van der Waals surface area contributed by atoms with Crippen molar-refractivity contribution in [1.82, 2.24) is 8.87 Å². The van der Waals surface area contributed by atoms with E-state index in [4.69, 9.17) is 4.74 Å². The first-order valence-electron chi connectivity index (χ1n) is 11.6. The number of amides is 1. The first-order valence-corrected chi connectivity index (χ1v) is 15.2. The third-order valence-electron chi connectivity index (χ3n) is 6.52. The number of ether oxygens (including phenoxy) is 1. The molecule has 0 aliphatic carbocycles. The van der Waals surface area contributed by atoms with Gasteiger partial charge in [-0.1, -0.05) is 11.3 Å². The van der Waals surface area contributed by atoms with Crippen LogP contribution in [0.2, 0.25) is 0 Å². The molecule has 0 atom stereocenters. The lowest BCUT2D eigenvalue weighted by Gasteiger charge is -2.29. The Labute approximate surface area is 214 Å². The molecule has 0 unspecified atom stereocenters. The van der Waals surface area contributed by atoms with E-state index in [9.17, 15) is 13.2 Å². The van der Waals surface area contributed by atoms with Crippen LogP contribution < -0.4 is 9.54 Å². The fraction of sp³-hybridized carbons (Fsp3) is 0.440. The van der Waals surface area contributed by atoms with Gasteiger partial charge in [-0.15, -0.1) is 0 Å². The largest absolute Gasteiger partial charge is 0.497 e. The number of aromatic nitrogens is 1. The van der Waals surface area contributed by atoms with Crippen LogP contribution in [0.1, 0.15) is 24.0 Å². The number of hydrogen-bond donors (Lipinski definition) is 0. The van der Waals surface area contributed by atoms with Gasteiger partial charge in [0, 0.05) is 31.3 Å². The summed E-state index contributed by atoms with van der Waals surface area (Å²) in [6, 6.07) is 10.7. The zero-order valence-electron chi connectivity index (χ0n) is 20.5. The summed E-state index contributed by atoms with van der Waals surface area (Å²) in [7, 11) is -2.06. The van der Waals surface area contributed by atoms with Gasteiger partial charge in [0.05, 0.1) is 22.2 Å². The summed E-state index contributed by atoms with van der Waals surface area (Å²) in [6.45, 7) is 5.58. The van der Waals surface area contributed by atoms with Crippen LogP contribution in [-0.4, -0.2) is 55.4 Å². The van der Waals surface area contributed by atoms with Gasteiger partial charge in [-0.05, 0) is 80.5 Å². The molecule has 1 saturated heterocycles. The number of carbonyl (C=O) groups is 1. The molecule has 0 N–H and O–H groups in total. The highest BCUT2D eigenvalue weighted by atomic mass is 32.2. The summed E-state index contributed by atoms with van der Waals surface area (Å²) >= 11 is 3.31. The smallest absolute Gasteiger partial charge is 0.251 e. The van der Waals surface area contributed by atoms with Crippen LogP contribution in [0.5, 0.6) is 5.75 Å². The molecule has 1 aliphatic rings. The summed E-state index contributed by atoms with van der Waals surface area (Å²) in [5, 5.41) is 0. The number of carbonyl (C=O) groups excluding carboxylic acids is 1. The van der Waals surface area contributed by atoms with Crippen LogP contribution >= 0.6 is 23.1 Å². The van der Waals surface area contributed by atoms with Crippen molar-refractivity contribution >= 4 is 49.2 Å². The number of piperidine rings is 1. The molecule has 0 radical (unpaired) electrons. The predicted molar refractivity (Wildman–Crippen MR) is 143 cm³/mol. The maximum absolute atomic E-state index is 13.1. The van der Waals surface area contributed by atoms with Crippen LogP contribution in [0.3, 0.4) is 0 Å². The van der Waals surface area contributed by atoms with E-state index in [1.54, 1.807) is 54.5 Å². The number of fused-ring (bicyclic) bond motifs is 1. The highest BCUT2D eigenvalue weighted by molar-refractivity contribution is 7.98. The molecule has 0 spiro atoms. The predicted octanol–water partition coefficient (Wildman–Crippen LogP) is 4.22. The number of hydrogen-bond acceptors (Lipinski definition) is 6. The van der Waals surface area contributed by atoms with Crippen molar-refractivity contribution in [3.63, 3.8) is 0 Å². The maximum atomic E-state index is 13.1. The molecule has 1 aromatic heterocycles. The fourth-order valence-electron chi connectivity index (χ4n) is 4.23. The van der Waals surface area contributed by atoms with Crippen molar-refractivity contribution in [2.45, 2.75) is 38.1 Å². The Balaban J connectivity index is 1.53. The molecule has 4 rings (SSSR count). The molecular formula is C25H31N3O4S3. The first kappa shape index (κ1) is 25.9. The molecule has 1 aliphatic heterocycles. The monoisotopic (exact) mass is 533 g/mol. The van der Waals surface area contributed by atoms with Crippen molar-refractivity contribution in [3.05, 3.63) is 52.3 Å². The molecule has 0 bridgehead atoms. The summed E-state index contributed by atoms with van der Waals surface area (Å²) < 4.78 is 35.9. The van der Waals surface area contributed by atoms with E-state index in [1.165, 1.54) is 15.4 Å². The van der Waals surface area contributed by atoms with E-state index in [1.807, 2.05) is 0 Å². The Morgan fingerprint density at radius 2 is 1.80 bits per heavy atom. The second-order valence-electron chi connectivity index (χ2n) is 8.74. The van der Waals surface area contributed by atoms with Crippen molar-refractivity contribution < 1.29 is 17.9 Å². The average Bonchev–Trinajstić information content (AvgIpc) is 3.18. The van der Waals surface area contributed by atoms with Crippen LogP contribution in [0, 0.1) is 19.8 Å². The van der Waals surface area contributed by atoms with Gasteiger partial charge in [-0.2, -0.15) is 21.1 Å². The summed E-state index contributed by atoms with van der Waals surface area (Å²) in [4.78, 5) is 18.6. The number of aryl methyl sites for hydroxylation is 3. The van der Waals surface area contributed by atoms with Crippen LogP contribution in [-0.2, 0) is 21.4 Å². The van der Waals surface area contributed by atoms with Gasteiger partial charge in [0.25, 0.3) is 5.91 Å². The van der Waals surface area contributed by atoms with Crippen molar-refractivity contribution in [3.8, 4) is 5.75 Å². The van der Waals surface area contributed by atoms with Crippen LogP contribution in [0.25, 0.3) is 10.2 Å². The van der Waals surface area contributed by atoms with Gasteiger partial charge in [0.1, 0.15) is 5.75 Å². The maximum Gasteiger partial charge on any atom is 0.251 e. The minimum absolute atomic E-state index is 0.163. The Hall–Kier alpha value is -2.14. The van der Waals surface area contributed by atoms with Gasteiger partial charge < -0.3 is 9.30 Å². The van der Waals surface area contributed by atoms with E-state index in [0.29, 0.717) is 31.7 Å². The first-order chi connectivity index (χ1) is 16.7.